The summed E-state index contributed by atoms with van der Waals surface area (Å²) in [6.45, 7) is 8.63. The number of nitrogens with one attached hydrogen (secondary N) is 1. The van der Waals surface area contributed by atoms with E-state index in [4.69, 9.17) is 0 Å². The molecule has 6 heteroatoms. The second-order valence-corrected chi connectivity index (χ2v) is 6.96. The molecule has 0 aliphatic carbocycles. The van der Waals surface area contributed by atoms with Gasteiger partial charge in [0.1, 0.15) is 12.9 Å². The maximum Gasteiger partial charge on any atom is 0.263 e. The van der Waals surface area contributed by atoms with Crippen LogP contribution in [0.3, 0.4) is 0 Å². The van der Waals surface area contributed by atoms with Crippen molar-refractivity contribution in [1.29, 1.82) is 0 Å². The number of hydrogen-bond acceptors (Lipinski definition) is 3. The Kier molecular flexibility index (Phi) is 5.44. The van der Waals surface area contributed by atoms with Crippen LogP contribution in [0.4, 0.5) is 0 Å². The third-order valence-corrected chi connectivity index (χ3v) is 4.94. The zero-order chi connectivity index (χ0) is 19.6. The highest BCUT2D eigenvalue weighted by Gasteiger charge is 2.18. The van der Waals surface area contributed by atoms with Crippen molar-refractivity contribution >= 4 is 16.9 Å². The molecule has 0 atom stereocenters. The SMILES string of the molecule is CCCCNC(=O)Cn1cnc2c(c(C)c(C)n2-c2ccc(C)cc2)c1=O. The van der Waals surface area contributed by atoms with Gasteiger partial charge in [-0.2, -0.15) is 0 Å². The third-order valence-electron chi connectivity index (χ3n) is 4.94. The topological polar surface area (TPSA) is 68.9 Å². The van der Waals surface area contributed by atoms with Crippen molar-refractivity contribution in [2.24, 2.45) is 0 Å². The van der Waals surface area contributed by atoms with Crippen LogP contribution in [0.2, 0.25) is 0 Å². The van der Waals surface area contributed by atoms with Crippen LogP contribution in [0.15, 0.2) is 35.4 Å². The lowest BCUT2D eigenvalue weighted by molar-refractivity contribution is -0.121. The van der Waals surface area contributed by atoms with Gasteiger partial charge in [0, 0.05) is 17.9 Å². The number of amides is 1. The summed E-state index contributed by atoms with van der Waals surface area (Å²) in [7, 11) is 0. The number of benzene rings is 1. The fourth-order valence-electron chi connectivity index (χ4n) is 3.22. The maximum atomic E-state index is 13.0. The lowest BCUT2D eigenvalue weighted by Gasteiger charge is -2.09. The summed E-state index contributed by atoms with van der Waals surface area (Å²) in [5.41, 5.74) is 4.46. The fourth-order valence-corrected chi connectivity index (χ4v) is 3.22. The molecule has 2 heterocycles. The summed E-state index contributed by atoms with van der Waals surface area (Å²) in [5.74, 6) is -0.168. The van der Waals surface area contributed by atoms with Gasteiger partial charge in [0.15, 0.2) is 5.65 Å². The van der Waals surface area contributed by atoms with Crippen LogP contribution < -0.4 is 10.9 Å². The number of hydrogen-bond donors (Lipinski definition) is 1. The molecule has 1 aromatic carbocycles. The van der Waals surface area contributed by atoms with Gasteiger partial charge in [0.2, 0.25) is 5.91 Å². The van der Waals surface area contributed by atoms with Gasteiger partial charge in [-0.15, -0.1) is 0 Å². The Balaban J connectivity index is 2.02. The molecule has 1 N–H and O–H groups in total. The van der Waals surface area contributed by atoms with Crippen LogP contribution in [0.25, 0.3) is 16.7 Å². The first-order chi connectivity index (χ1) is 12.9. The van der Waals surface area contributed by atoms with E-state index >= 15 is 0 Å². The molecule has 0 spiro atoms. The van der Waals surface area contributed by atoms with E-state index < -0.39 is 0 Å². The smallest absolute Gasteiger partial charge is 0.263 e. The molecule has 3 rings (SSSR count). The Morgan fingerprint density at radius 3 is 2.52 bits per heavy atom. The molecule has 0 aliphatic heterocycles. The summed E-state index contributed by atoms with van der Waals surface area (Å²) >= 11 is 0. The number of unbranched alkanes of at least 4 members (excludes halogenated alkanes) is 1. The van der Waals surface area contributed by atoms with E-state index in [1.54, 1.807) is 0 Å². The Labute approximate surface area is 158 Å². The Hall–Kier alpha value is -2.89. The molecular weight excluding hydrogens is 340 g/mol. The quantitative estimate of drug-likeness (QED) is 0.682. The van der Waals surface area contributed by atoms with Crippen LogP contribution in [-0.4, -0.2) is 26.6 Å². The van der Waals surface area contributed by atoms with Crippen molar-refractivity contribution in [3.8, 4) is 5.69 Å². The van der Waals surface area contributed by atoms with E-state index in [1.807, 2.05) is 49.6 Å². The lowest BCUT2D eigenvalue weighted by atomic mass is 10.2. The molecule has 2 aromatic heterocycles. The van der Waals surface area contributed by atoms with E-state index in [0.717, 1.165) is 29.8 Å². The van der Waals surface area contributed by atoms with Crippen LogP contribution in [0.1, 0.15) is 36.6 Å². The number of rotatable bonds is 6. The number of carbonyl (C=O) groups excluding carboxylic acids is 1. The van der Waals surface area contributed by atoms with E-state index in [-0.39, 0.29) is 18.0 Å². The molecular formula is C21H26N4O2. The average Bonchev–Trinajstić information content (AvgIpc) is 2.90. The van der Waals surface area contributed by atoms with E-state index in [9.17, 15) is 9.59 Å². The molecule has 0 aliphatic rings. The van der Waals surface area contributed by atoms with Crippen molar-refractivity contribution < 1.29 is 4.79 Å². The Morgan fingerprint density at radius 2 is 1.85 bits per heavy atom. The summed E-state index contributed by atoms with van der Waals surface area (Å²) in [5, 5.41) is 3.40. The van der Waals surface area contributed by atoms with Gasteiger partial charge in [0.05, 0.1) is 5.39 Å². The molecule has 0 bridgehead atoms. The normalized spacial score (nSPS) is 11.1. The summed E-state index contributed by atoms with van der Waals surface area (Å²) in [6.07, 6.45) is 3.40. The number of carbonyl (C=O) groups is 1. The van der Waals surface area contributed by atoms with Crippen LogP contribution in [0, 0.1) is 20.8 Å². The van der Waals surface area contributed by atoms with Crippen LogP contribution >= 0.6 is 0 Å². The van der Waals surface area contributed by atoms with Crippen molar-refractivity contribution in [3.63, 3.8) is 0 Å². The summed E-state index contributed by atoms with van der Waals surface area (Å²) in [4.78, 5) is 29.6. The Morgan fingerprint density at radius 1 is 1.15 bits per heavy atom. The van der Waals surface area contributed by atoms with Crippen LogP contribution in [-0.2, 0) is 11.3 Å². The van der Waals surface area contributed by atoms with Gasteiger partial charge in [-0.05, 0) is 44.9 Å². The lowest BCUT2D eigenvalue weighted by Crippen LogP contribution is -2.33. The minimum atomic E-state index is -0.183. The van der Waals surface area contributed by atoms with Gasteiger partial charge in [-0.3, -0.25) is 18.7 Å². The molecule has 6 nitrogen and oxygen atoms in total. The van der Waals surface area contributed by atoms with Gasteiger partial charge < -0.3 is 5.32 Å². The molecule has 142 valence electrons. The second kappa shape index (κ2) is 7.78. The molecule has 1 amide bonds. The molecule has 0 fully saturated rings. The minimum Gasteiger partial charge on any atom is -0.355 e. The second-order valence-electron chi connectivity index (χ2n) is 6.96. The highest BCUT2D eigenvalue weighted by Crippen LogP contribution is 2.25. The van der Waals surface area contributed by atoms with Gasteiger partial charge in [-0.1, -0.05) is 31.0 Å². The van der Waals surface area contributed by atoms with Gasteiger partial charge in [-0.25, -0.2) is 4.98 Å². The summed E-state index contributed by atoms with van der Waals surface area (Å²) in [6, 6.07) is 8.13. The predicted molar refractivity (Wildman–Crippen MR) is 107 cm³/mol. The first kappa shape index (κ1) is 18.9. The standard InChI is InChI=1S/C21H26N4O2/c1-5-6-11-22-18(26)12-24-13-23-20-19(21(24)27)15(3)16(4)25(20)17-9-7-14(2)8-10-17/h7-10,13H,5-6,11-12H2,1-4H3,(H,22,26). The molecule has 0 saturated carbocycles. The number of aryl methyl sites for hydroxylation is 2. The molecule has 3 aromatic rings. The van der Waals surface area contributed by atoms with Gasteiger partial charge in [0.25, 0.3) is 5.56 Å². The first-order valence-electron chi connectivity index (χ1n) is 9.34. The number of aromatic nitrogens is 3. The molecule has 0 radical (unpaired) electrons. The molecule has 27 heavy (non-hydrogen) atoms. The highest BCUT2D eigenvalue weighted by molar-refractivity contribution is 5.83. The Bertz CT molecular complexity index is 1030. The molecule has 0 unspecified atom stereocenters. The van der Waals surface area contributed by atoms with Gasteiger partial charge >= 0.3 is 0 Å². The average molecular weight is 366 g/mol. The van der Waals surface area contributed by atoms with Crippen molar-refractivity contribution in [2.75, 3.05) is 6.54 Å². The van der Waals surface area contributed by atoms with Crippen molar-refractivity contribution in [1.82, 2.24) is 19.4 Å². The van der Waals surface area contributed by atoms with Crippen molar-refractivity contribution in [3.05, 3.63) is 57.8 Å². The van der Waals surface area contributed by atoms with E-state index in [1.165, 1.54) is 16.5 Å². The largest absolute Gasteiger partial charge is 0.355 e. The first-order valence-corrected chi connectivity index (χ1v) is 9.34. The summed E-state index contributed by atoms with van der Waals surface area (Å²) < 4.78 is 3.38. The van der Waals surface area contributed by atoms with Crippen LogP contribution in [0.5, 0.6) is 0 Å². The van der Waals surface area contributed by atoms with Crippen molar-refractivity contribution in [2.45, 2.75) is 47.1 Å². The minimum absolute atomic E-state index is 0.0142. The number of nitrogens with zero attached hydrogens (tertiary/aromatic N) is 3. The third kappa shape index (κ3) is 3.65. The number of fused-ring (bicyclic) bond motifs is 1. The fraction of sp³-hybridized carbons (Fsp3) is 0.381. The van der Waals surface area contributed by atoms with E-state index in [0.29, 0.717) is 17.6 Å². The highest BCUT2D eigenvalue weighted by atomic mass is 16.2. The zero-order valence-corrected chi connectivity index (χ0v) is 16.4. The predicted octanol–water partition coefficient (Wildman–Crippen LogP) is 3.03. The molecule has 0 saturated heterocycles. The zero-order valence-electron chi connectivity index (χ0n) is 16.4. The monoisotopic (exact) mass is 366 g/mol. The van der Waals surface area contributed by atoms with E-state index in [2.05, 4.69) is 17.2 Å². The maximum absolute atomic E-state index is 13.0.